The first kappa shape index (κ1) is 30.5. The quantitative estimate of drug-likeness (QED) is 0.459. The lowest BCUT2D eigenvalue weighted by atomic mass is 9.90. The molecule has 0 spiro atoms. The molecule has 1 unspecified atom stereocenters. The molecule has 4 heterocycles. The number of amides is 2. The van der Waals surface area contributed by atoms with Gasteiger partial charge < -0.3 is 19.3 Å². The van der Waals surface area contributed by atoms with Gasteiger partial charge in [-0.25, -0.2) is 27.9 Å². The van der Waals surface area contributed by atoms with E-state index in [4.69, 9.17) is 9.47 Å². The minimum atomic E-state index is -1.94. The molecule has 0 aromatic carbocycles. The maximum atomic E-state index is 15.7. The molecule has 2 fully saturated rings. The lowest BCUT2D eigenvalue weighted by molar-refractivity contribution is -0.149. The summed E-state index contributed by atoms with van der Waals surface area (Å²) in [5, 5.41) is 2.51. The minimum absolute atomic E-state index is 0.0535. The number of hydrogen-bond donors (Lipinski definition) is 1. The van der Waals surface area contributed by atoms with Gasteiger partial charge in [0.15, 0.2) is 5.67 Å². The molecule has 41 heavy (non-hydrogen) atoms. The number of ether oxygens (including phenoxy) is 2. The number of anilines is 1. The number of piperidine rings is 2. The Labute approximate surface area is 238 Å². The van der Waals surface area contributed by atoms with Gasteiger partial charge in [0, 0.05) is 70.7 Å². The summed E-state index contributed by atoms with van der Waals surface area (Å²) in [4.78, 5) is 36.5. The number of nitrogens with one attached hydrogen (secondary N) is 1. The van der Waals surface area contributed by atoms with Crippen molar-refractivity contribution in [3.05, 3.63) is 48.0 Å². The summed E-state index contributed by atoms with van der Waals surface area (Å²) in [5.41, 5.74) is -2.23. The number of hydrogen-bond acceptors (Lipinski definition) is 7. The van der Waals surface area contributed by atoms with Crippen molar-refractivity contribution in [1.29, 1.82) is 0 Å². The Bertz CT molecular complexity index is 1180. The van der Waals surface area contributed by atoms with E-state index >= 15 is 8.78 Å². The van der Waals surface area contributed by atoms with Gasteiger partial charge in [-0.05, 0) is 51.0 Å². The monoisotopic (exact) mass is 577 g/mol. The molecule has 0 bridgehead atoms. The Hall–Kier alpha value is -3.41. The minimum Gasteiger partial charge on any atom is -0.474 e. The van der Waals surface area contributed by atoms with Crippen molar-refractivity contribution < 1.29 is 32.2 Å². The largest absolute Gasteiger partial charge is 0.474 e. The van der Waals surface area contributed by atoms with E-state index in [0.29, 0.717) is 57.0 Å². The van der Waals surface area contributed by atoms with Gasteiger partial charge in [0.05, 0.1) is 6.20 Å². The molecule has 2 saturated heterocycles. The van der Waals surface area contributed by atoms with E-state index in [1.165, 1.54) is 24.4 Å². The van der Waals surface area contributed by atoms with Crippen LogP contribution in [0.15, 0.2) is 36.7 Å². The van der Waals surface area contributed by atoms with Crippen molar-refractivity contribution in [2.45, 2.75) is 76.4 Å². The molecule has 9 nitrogen and oxygen atoms in total. The third-order valence-corrected chi connectivity index (χ3v) is 7.22. The van der Waals surface area contributed by atoms with Crippen LogP contribution in [0, 0.1) is 5.82 Å². The zero-order valence-corrected chi connectivity index (χ0v) is 23.7. The van der Waals surface area contributed by atoms with Crippen LogP contribution in [-0.4, -0.2) is 81.9 Å². The third kappa shape index (κ3) is 8.79. The van der Waals surface area contributed by atoms with Gasteiger partial charge in [-0.1, -0.05) is 0 Å². The van der Waals surface area contributed by atoms with Crippen LogP contribution < -0.4 is 10.1 Å². The van der Waals surface area contributed by atoms with E-state index in [1.807, 2.05) is 4.90 Å². The molecule has 1 atom stereocenters. The second-order valence-corrected chi connectivity index (χ2v) is 11.6. The summed E-state index contributed by atoms with van der Waals surface area (Å²) < 4.78 is 54.7. The number of rotatable bonds is 8. The molecule has 2 aromatic rings. The SMILES string of the molecule is CC(C)(C)OC(=O)Nc1cc(C(F)CCN2CCC(F)(C(=O)N3CCC(Oc4ccc(F)cn4)CC3)CC2)ccn1. The number of likely N-dealkylation sites (tertiary alicyclic amines) is 2. The van der Waals surface area contributed by atoms with Crippen LogP contribution in [0.2, 0.25) is 0 Å². The first-order chi connectivity index (χ1) is 19.4. The number of nitrogens with zero attached hydrogens (tertiary/aromatic N) is 4. The molecule has 0 radical (unpaired) electrons. The predicted molar refractivity (Wildman–Crippen MR) is 146 cm³/mol. The topological polar surface area (TPSA) is 96.9 Å². The Kier molecular flexibility index (Phi) is 9.72. The summed E-state index contributed by atoms with van der Waals surface area (Å²) in [6.45, 7) is 7.09. The Balaban J connectivity index is 1.19. The second-order valence-electron chi connectivity index (χ2n) is 11.6. The van der Waals surface area contributed by atoms with Crippen LogP contribution in [-0.2, 0) is 9.53 Å². The fraction of sp³-hybridized carbons (Fsp3) is 0.586. The number of carbonyl (C=O) groups excluding carboxylic acids is 2. The Morgan fingerprint density at radius 2 is 1.83 bits per heavy atom. The van der Waals surface area contributed by atoms with E-state index in [9.17, 15) is 14.0 Å². The summed E-state index contributed by atoms with van der Waals surface area (Å²) in [6.07, 6.45) is 1.72. The molecule has 224 valence electrons. The molecule has 0 aliphatic carbocycles. The second kappa shape index (κ2) is 13.1. The Morgan fingerprint density at radius 3 is 2.46 bits per heavy atom. The summed E-state index contributed by atoms with van der Waals surface area (Å²) in [7, 11) is 0. The molecule has 2 aliphatic heterocycles. The molecule has 2 amide bonds. The van der Waals surface area contributed by atoms with Gasteiger partial charge in [0.25, 0.3) is 5.91 Å². The van der Waals surface area contributed by atoms with Crippen LogP contribution >= 0.6 is 0 Å². The van der Waals surface area contributed by atoms with Crippen molar-refractivity contribution in [2.24, 2.45) is 0 Å². The first-order valence-corrected chi connectivity index (χ1v) is 14.0. The van der Waals surface area contributed by atoms with E-state index in [-0.39, 0.29) is 31.2 Å². The van der Waals surface area contributed by atoms with Gasteiger partial charge in [-0.15, -0.1) is 0 Å². The lowest BCUT2D eigenvalue weighted by Crippen LogP contribution is -2.54. The molecular weight excluding hydrogens is 539 g/mol. The molecule has 1 N–H and O–H groups in total. The average Bonchev–Trinajstić information content (AvgIpc) is 2.93. The van der Waals surface area contributed by atoms with Gasteiger partial charge in [-0.2, -0.15) is 0 Å². The highest BCUT2D eigenvalue weighted by molar-refractivity contribution is 5.85. The van der Waals surface area contributed by atoms with Crippen molar-refractivity contribution in [2.75, 3.05) is 38.0 Å². The molecule has 2 aliphatic rings. The summed E-state index contributed by atoms with van der Waals surface area (Å²) in [5.74, 6) is -0.428. The van der Waals surface area contributed by atoms with E-state index in [0.717, 1.165) is 6.20 Å². The van der Waals surface area contributed by atoms with E-state index in [2.05, 4.69) is 15.3 Å². The van der Waals surface area contributed by atoms with Crippen LogP contribution in [0.4, 0.5) is 23.8 Å². The van der Waals surface area contributed by atoms with Gasteiger partial charge in [0.2, 0.25) is 5.88 Å². The molecular formula is C29H38F3N5O4. The number of carbonyl (C=O) groups is 2. The first-order valence-electron chi connectivity index (χ1n) is 14.0. The highest BCUT2D eigenvalue weighted by Crippen LogP contribution is 2.32. The number of aromatic nitrogens is 2. The number of alkyl halides is 2. The summed E-state index contributed by atoms with van der Waals surface area (Å²) in [6, 6.07) is 5.76. The normalized spacial score (nSPS) is 18.9. The third-order valence-electron chi connectivity index (χ3n) is 7.22. The maximum absolute atomic E-state index is 15.7. The number of pyridine rings is 2. The smallest absolute Gasteiger partial charge is 0.413 e. The highest BCUT2D eigenvalue weighted by atomic mass is 19.1. The van der Waals surface area contributed by atoms with Gasteiger partial charge in [-0.3, -0.25) is 10.1 Å². The zero-order chi connectivity index (χ0) is 29.6. The van der Waals surface area contributed by atoms with E-state index < -0.39 is 35.3 Å². The van der Waals surface area contributed by atoms with Crippen molar-refractivity contribution in [1.82, 2.24) is 19.8 Å². The zero-order valence-electron chi connectivity index (χ0n) is 23.7. The van der Waals surface area contributed by atoms with Gasteiger partial charge >= 0.3 is 6.09 Å². The molecule has 2 aromatic heterocycles. The van der Waals surface area contributed by atoms with Gasteiger partial charge in [0.1, 0.15) is 29.5 Å². The van der Waals surface area contributed by atoms with E-state index in [1.54, 1.807) is 31.7 Å². The fourth-order valence-electron chi connectivity index (χ4n) is 4.99. The van der Waals surface area contributed by atoms with Crippen LogP contribution in [0.25, 0.3) is 0 Å². The maximum Gasteiger partial charge on any atom is 0.413 e. The summed E-state index contributed by atoms with van der Waals surface area (Å²) >= 11 is 0. The fourth-order valence-corrected chi connectivity index (χ4v) is 4.99. The molecule has 12 heteroatoms. The Morgan fingerprint density at radius 1 is 1.12 bits per heavy atom. The highest BCUT2D eigenvalue weighted by Gasteiger charge is 2.44. The van der Waals surface area contributed by atoms with Crippen LogP contribution in [0.1, 0.15) is 64.6 Å². The van der Waals surface area contributed by atoms with Crippen LogP contribution in [0.3, 0.4) is 0 Å². The van der Waals surface area contributed by atoms with Crippen molar-refractivity contribution >= 4 is 17.8 Å². The average molecular weight is 578 g/mol. The van der Waals surface area contributed by atoms with Crippen LogP contribution in [0.5, 0.6) is 5.88 Å². The number of halogens is 3. The van der Waals surface area contributed by atoms with Crippen molar-refractivity contribution in [3.63, 3.8) is 0 Å². The van der Waals surface area contributed by atoms with Crippen molar-refractivity contribution in [3.8, 4) is 5.88 Å². The standard InChI is InChI=1S/C29H38F3N5O4/c1-28(2,3)41-27(39)35-24-18-20(6-12-33-24)23(31)9-13-36-16-10-29(32,11-17-36)26(38)37-14-7-22(8-15-37)40-25-5-4-21(30)19-34-25/h4-6,12,18-19,22-23H,7-11,13-17H2,1-3H3,(H,33,35,39). The molecule has 4 rings (SSSR count). The molecule has 0 saturated carbocycles. The lowest BCUT2D eigenvalue weighted by Gasteiger charge is -2.40. The predicted octanol–water partition coefficient (Wildman–Crippen LogP) is 5.24.